The number of benzene rings is 2. The van der Waals surface area contributed by atoms with Gasteiger partial charge >= 0.3 is 5.97 Å². The van der Waals surface area contributed by atoms with Gasteiger partial charge in [-0.1, -0.05) is 63.3 Å². The first kappa shape index (κ1) is 24.1. The smallest absolute Gasteiger partial charge is 0.337 e. The molecule has 0 atom stereocenters. The minimum absolute atomic E-state index is 0.0733. The summed E-state index contributed by atoms with van der Waals surface area (Å²) < 4.78 is 10.6. The molecule has 0 saturated heterocycles. The maximum atomic E-state index is 11.9. The summed E-state index contributed by atoms with van der Waals surface area (Å²) in [5.74, 6) is 0.219. The van der Waals surface area contributed by atoms with Gasteiger partial charge in [-0.25, -0.2) is 10.2 Å². The first-order chi connectivity index (χ1) is 15.1. The highest BCUT2D eigenvalue weighted by Gasteiger charge is 2.06. The van der Waals surface area contributed by atoms with Crippen LogP contribution in [-0.2, 0) is 16.1 Å². The van der Waals surface area contributed by atoms with Crippen LogP contribution in [0.2, 0.25) is 0 Å². The number of para-hydroxylation sites is 1. The fraction of sp³-hybridized carbons (Fsp3) is 0.400. The van der Waals surface area contributed by atoms with E-state index in [1.54, 1.807) is 18.3 Å². The Morgan fingerprint density at radius 3 is 2.42 bits per heavy atom. The highest BCUT2D eigenvalue weighted by atomic mass is 16.5. The van der Waals surface area contributed by atoms with Crippen LogP contribution in [0, 0.1) is 0 Å². The molecule has 1 amide bonds. The van der Waals surface area contributed by atoms with E-state index in [1.807, 2.05) is 36.4 Å². The van der Waals surface area contributed by atoms with E-state index in [0.29, 0.717) is 24.3 Å². The van der Waals surface area contributed by atoms with Crippen molar-refractivity contribution in [3.63, 3.8) is 0 Å². The molecule has 0 spiro atoms. The number of rotatable bonds is 13. The van der Waals surface area contributed by atoms with Crippen molar-refractivity contribution in [2.45, 2.75) is 58.5 Å². The van der Waals surface area contributed by atoms with E-state index in [-0.39, 0.29) is 11.9 Å². The van der Waals surface area contributed by atoms with Crippen molar-refractivity contribution in [3.05, 3.63) is 65.2 Å². The van der Waals surface area contributed by atoms with Crippen LogP contribution in [0.5, 0.6) is 5.75 Å². The number of nitrogens with zero attached hydrogens (tertiary/aromatic N) is 1. The number of carbonyl (C=O) groups excluding carboxylic acids is 2. The van der Waals surface area contributed by atoms with Gasteiger partial charge < -0.3 is 9.47 Å². The Kier molecular flexibility index (Phi) is 10.9. The molecule has 1 N–H and O–H groups in total. The Balaban J connectivity index is 1.80. The zero-order chi connectivity index (χ0) is 22.3. The van der Waals surface area contributed by atoms with E-state index in [0.717, 1.165) is 24.0 Å². The predicted octanol–water partition coefficient (Wildman–Crippen LogP) is 5.25. The molecule has 0 aromatic heterocycles. The Bertz CT molecular complexity index is 847. The van der Waals surface area contributed by atoms with Crippen molar-refractivity contribution in [3.8, 4) is 5.75 Å². The molecular formula is C25H32N2O4. The second-order valence-corrected chi connectivity index (χ2v) is 7.33. The largest absolute Gasteiger partial charge is 0.488 e. The molecule has 0 fully saturated rings. The monoisotopic (exact) mass is 424 g/mol. The first-order valence-electron chi connectivity index (χ1n) is 10.8. The van der Waals surface area contributed by atoms with E-state index in [1.165, 1.54) is 32.8 Å². The van der Waals surface area contributed by atoms with Crippen LogP contribution in [0.1, 0.15) is 73.4 Å². The predicted molar refractivity (Wildman–Crippen MR) is 122 cm³/mol. The molecule has 0 aliphatic carbocycles. The molecule has 0 unspecified atom stereocenters. The summed E-state index contributed by atoms with van der Waals surface area (Å²) in [7, 11) is 1.36. The van der Waals surface area contributed by atoms with Crippen molar-refractivity contribution in [1.29, 1.82) is 0 Å². The van der Waals surface area contributed by atoms with Gasteiger partial charge in [-0.15, -0.1) is 0 Å². The summed E-state index contributed by atoms with van der Waals surface area (Å²) in [6.07, 6.45) is 8.95. The van der Waals surface area contributed by atoms with Crippen LogP contribution >= 0.6 is 0 Å². The summed E-state index contributed by atoms with van der Waals surface area (Å²) in [5, 5.41) is 4.07. The van der Waals surface area contributed by atoms with Gasteiger partial charge in [0, 0.05) is 12.0 Å². The lowest BCUT2D eigenvalue weighted by atomic mass is 10.1. The Morgan fingerprint density at radius 1 is 0.968 bits per heavy atom. The minimum Gasteiger partial charge on any atom is -0.488 e. The molecule has 0 aliphatic heterocycles. The molecule has 31 heavy (non-hydrogen) atoms. The Hall–Kier alpha value is -3.15. The number of carbonyl (C=O) groups is 2. The summed E-state index contributed by atoms with van der Waals surface area (Å²) >= 11 is 0. The molecule has 166 valence electrons. The number of hydrazone groups is 1. The molecule has 0 bridgehead atoms. The lowest BCUT2D eigenvalue weighted by molar-refractivity contribution is -0.121. The van der Waals surface area contributed by atoms with E-state index in [4.69, 9.17) is 9.47 Å². The van der Waals surface area contributed by atoms with Crippen molar-refractivity contribution < 1.29 is 19.1 Å². The van der Waals surface area contributed by atoms with Crippen LogP contribution in [-0.4, -0.2) is 25.2 Å². The summed E-state index contributed by atoms with van der Waals surface area (Å²) in [6, 6.07) is 14.5. The average Bonchev–Trinajstić information content (AvgIpc) is 2.80. The minimum atomic E-state index is -0.368. The van der Waals surface area contributed by atoms with Crippen LogP contribution in [0.3, 0.4) is 0 Å². The molecule has 2 aromatic carbocycles. The van der Waals surface area contributed by atoms with Gasteiger partial charge in [-0.2, -0.15) is 5.10 Å². The summed E-state index contributed by atoms with van der Waals surface area (Å²) in [5.41, 5.74) is 4.78. The second kappa shape index (κ2) is 14.0. The van der Waals surface area contributed by atoms with Crippen LogP contribution in [0.15, 0.2) is 53.6 Å². The molecule has 0 aliphatic rings. The fourth-order valence-corrected chi connectivity index (χ4v) is 3.03. The van der Waals surface area contributed by atoms with Gasteiger partial charge in [-0.3, -0.25) is 4.79 Å². The number of esters is 1. The lowest BCUT2D eigenvalue weighted by Crippen LogP contribution is -2.17. The van der Waals surface area contributed by atoms with Gasteiger partial charge in [0.2, 0.25) is 5.91 Å². The number of amides is 1. The molecule has 6 nitrogen and oxygen atoms in total. The number of hydrogen-bond donors (Lipinski definition) is 1. The quantitative estimate of drug-likeness (QED) is 0.206. The Morgan fingerprint density at radius 2 is 1.68 bits per heavy atom. The van der Waals surface area contributed by atoms with E-state index in [2.05, 4.69) is 17.5 Å². The maximum absolute atomic E-state index is 11.9. The molecular weight excluding hydrogens is 392 g/mol. The maximum Gasteiger partial charge on any atom is 0.337 e. The zero-order valence-electron chi connectivity index (χ0n) is 18.4. The number of nitrogens with one attached hydrogen (secondary N) is 1. The molecule has 2 rings (SSSR count). The molecule has 0 heterocycles. The Labute approximate surface area is 184 Å². The highest BCUT2D eigenvalue weighted by molar-refractivity contribution is 5.89. The third-order valence-corrected chi connectivity index (χ3v) is 4.84. The average molecular weight is 425 g/mol. The molecule has 0 saturated carbocycles. The number of methoxy groups -OCH3 is 1. The molecule has 0 radical (unpaired) electrons. The van der Waals surface area contributed by atoms with Crippen LogP contribution in [0.25, 0.3) is 0 Å². The number of hydrogen-bond acceptors (Lipinski definition) is 5. The van der Waals surface area contributed by atoms with Crippen molar-refractivity contribution in [2.75, 3.05) is 7.11 Å². The fourth-order valence-electron chi connectivity index (χ4n) is 3.03. The third kappa shape index (κ3) is 9.03. The van der Waals surface area contributed by atoms with Crippen molar-refractivity contribution >= 4 is 18.1 Å². The number of ether oxygens (including phenoxy) is 2. The molecule has 2 aromatic rings. The van der Waals surface area contributed by atoms with Crippen molar-refractivity contribution in [2.24, 2.45) is 5.10 Å². The van der Waals surface area contributed by atoms with Gasteiger partial charge in [-0.05, 0) is 36.2 Å². The number of unbranched alkanes of at least 4 members (excludes halogenated alkanes) is 5. The van der Waals surface area contributed by atoms with Crippen LogP contribution < -0.4 is 10.2 Å². The standard InChI is InChI=1S/C25H32N2O4/c1-3-4-5-6-7-8-13-24(28)27-26-18-22-11-9-10-12-23(22)31-19-20-14-16-21(17-15-20)25(29)30-2/h9-12,14-18H,3-8,13,19H2,1-2H3,(H,27,28). The second-order valence-electron chi connectivity index (χ2n) is 7.33. The third-order valence-electron chi connectivity index (χ3n) is 4.84. The lowest BCUT2D eigenvalue weighted by Gasteiger charge is -2.09. The van der Waals surface area contributed by atoms with Crippen LogP contribution in [0.4, 0.5) is 0 Å². The SMILES string of the molecule is CCCCCCCCC(=O)NN=Cc1ccccc1OCc1ccc(C(=O)OC)cc1. The van der Waals surface area contributed by atoms with Crippen molar-refractivity contribution in [1.82, 2.24) is 5.43 Å². The van der Waals surface area contributed by atoms with Gasteiger partial charge in [0.1, 0.15) is 12.4 Å². The van der Waals surface area contributed by atoms with Gasteiger partial charge in [0.15, 0.2) is 0 Å². The summed E-state index contributed by atoms with van der Waals surface area (Å²) in [6.45, 7) is 2.54. The van der Waals surface area contributed by atoms with Gasteiger partial charge in [0.25, 0.3) is 0 Å². The zero-order valence-corrected chi connectivity index (χ0v) is 18.4. The first-order valence-corrected chi connectivity index (χ1v) is 10.8. The van der Waals surface area contributed by atoms with E-state index < -0.39 is 0 Å². The highest BCUT2D eigenvalue weighted by Crippen LogP contribution is 2.18. The summed E-state index contributed by atoms with van der Waals surface area (Å²) in [4.78, 5) is 23.4. The van der Waals surface area contributed by atoms with E-state index >= 15 is 0 Å². The normalized spacial score (nSPS) is 10.8. The molecule has 6 heteroatoms. The topological polar surface area (TPSA) is 77.0 Å². The van der Waals surface area contributed by atoms with E-state index in [9.17, 15) is 9.59 Å². The van der Waals surface area contributed by atoms with Gasteiger partial charge in [0.05, 0.1) is 18.9 Å².